The molecule has 0 fully saturated rings. The fraction of sp³-hybridized carbons (Fsp3) is 0.143. The first kappa shape index (κ1) is 13.4. The Morgan fingerprint density at radius 2 is 2.26 bits per heavy atom. The number of hydrogen-bond acceptors (Lipinski definition) is 4. The van der Waals surface area contributed by atoms with Gasteiger partial charge in [0.05, 0.1) is 18.4 Å². The summed E-state index contributed by atoms with van der Waals surface area (Å²) in [5.41, 5.74) is 2.46. The normalized spacial score (nSPS) is 9.74. The maximum absolute atomic E-state index is 9.04. The number of halogens is 1. The maximum Gasteiger partial charge on any atom is 0.136 e. The third kappa shape index (κ3) is 3.24. The van der Waals surface area contributed by atoms with Crippen LogP contribution in [0.2, 0.25) is 0 Å². The Labute approximate surface area is 120 Å². The standard InChI is InChI=1S/C14H12BrN3O/c1-19-13-5-4-10(7-11(13)8-16)9-18-12-3-2-6-17-14(12)15/h2-7,18H,9H2,1H3. The van der Waals surface area contributed by atoms with Crippen LogP contribution in [0, 0.1) is 11.3 Å². The molecule has 0 aliphatic rings. The van der Waals surface area contributed by atoms with E-state index in [4.69, 9.17) is 10.00 Å². The molecule has 0 saturated heterocycles. The van der Waals surface area contributed by atoms with Gasteiger partial charge in [-0.3, -0.25) is 0 Å². The molecule has 0 radical (unpaired) electrons. The number of nitrogens with zero attached hydrogens (tertiary/aromatic N) is 2. The van der Waals surface area contributed by atoms with Gasteiger partial charge < -0.3 is 10.1 Å². The number of ether oxygens (including phenoxy) is 1. The van der Waals surface area contributed by atoms with Gasteiger partial charge in [-0.15, -0.1) is 0 Å². The van der Waals surface area contributed by atoms with E-state index in [2.05, 4.69) is 32.3 Å². The van der Waals surface area contributed by atoms with Gasteiger partial charge in [-0.05, 0) is 45.8 Å². The van der Waals surface area contributed by atoms with Crippen molar-refractivity contribution in [1.82, 2.24) is 4.98 Å². The summed E-state index contributed by atoms with van der Waals surface area (Å²) < 4.78 is 5.88. The van der Waals surface area contributed by atoms with Crippen LogP contribution in [-0.4, -0.2) is 12.1 Å². The fourth-order valence-corrected chi connectivity index (χ4v) is 2.06. The Morgan fingerprint density at radius 3 is 2.95 bits per heavy atom. The number of methoxy groups -OCH3 is 1. The minimum atomic E-state index is 0.534. The summed E-state index contributed by atoms with van der Waals surface area (Å²) >= 11 is 3.37. The number of nitriles is 1. The molecule has 0 aliphatic heterocycles. The number of nitrogens with one attached hydrogen (secondary N) is 1. The lowest BCUT2D eigenvalue weighted by Crippen LogP contribution is -2.01. The van der Waals surface area contributed by atoms with E-state index in [1.54, 1.807) is 19.4 Å². The molecule has 1 N–H and O–H groups in total. The zero-order valence-electron chi connectivity index (χ0n) is 10.4. The summed E-state index contributed by atoms with van der Waals surface area (Å²) in [7, 11) is 1.56. The molecule has 96 valence electrons. The predicted octanol–water partition coefficient (Wildman–Crippen LogP) is 3.34. The highest BCUT2D eigenvalue weighted by Gasteiger charge is 2.04. The monoisotopic (exact) mass is 317 g/mol. The van der Waals surface area contributed by atoms with Crippen LogP contribution in [0.1, 0.15) is 11.1 Å². The van der Waals surface area contributed by atoms with Crippen LogP contribution < -0.4 is 10.1 Å². The van der Waals surface area contributed by atoms with E-state index in [-0.39, 0.29) is 0 Å². The van der Waals surface area contributed by atoms with Crippen LogP contribution >= 0.6 is 15.9 Å². The van der Waals surface area contributed by atoms with Crippen molar-refractivity contribution in [3.63, 3.8) is 0 Å². The number of benzene rings is 1. The molecule has 0 saturated carbocycles. The predicted molar refractivity (Wildman–Crippen MR) is 77.0 cm³/mol. The van der Waals surface area contributed by atoms with Crippen LogP contribution in [-0.2, 0) is 6.54 Å². The van der Waals surface area contributed by atoms with Crippen molar-refractivity contribution in [2.75, 3.05) is 12.4 Å². The second kappa shape index (κ2) is 6.21. The molecule has 2 rings (SSSR count). The summed E-state index contributed by atoms with van der Waals surface area (Å²) in [5.74, 6) is 0.591. The van der Waals surface area contributed by atoms with Crippen molar-refractivity contribution >= 4 is 21.6 Å². The molecular weight excluding hydrogens is 306 g/mol. The van der Waals surface area contributed by atoms with Gasteiger partial charge in [0.15, 0.2) is 0 Å². The number of anilines is 1. The zero-order valence-corrected chi connectivity index (χ0v) is 11.9. The fourth-order valence-electron chi connectivity index (χ4n) is 1.67. The molecule has 0 unspecified atom stereocenters. The largest absolute Gasteiger partial charge is 0.495 e. The summed E-state index contributed by atoms with van der Waals surface area (Å²) in [6.45, 7) is 0.614. The van der Waals surface area contributed by atoms with Crippen LogP contribution in [0.15, 0.2) is 41.1 Å². The molecule has 0 spiro atoms. The van der Waals surface area contributed by atoms with Crippen molar-refractivity contribution < 1.29 is 4.74 Å². The van der Waals surface area contributed by atoms with E-state index < -0.39 is 0 Å². The molecule has 0 amide bonds. The van der Waals surface area contributed by atoms with Crippen LogP contribution in [0.3, 0.4) is 0 Å². The van der Waals surface area contributed by atoms with E-state index in [1.807, 2.05) is 24.3 Å². The van der Waals surface area contributed by atoms with Crippen LogP contribution in [0.5, 0.6) is 5.75 Å². The lowest BCUT2D eigenvalue weighted by Gasteiger charge is -2.09. The van der Waals surface area contributed by atoms with E-state index in [0.29, 0.717) is 17.9 Å². The first-order valence-electron chi connectivity index (χ1n) is 5.66. The second-order valence-electron chi connectivity index (χ2n) is 3.84. The highest BCUT2D eigenvalue weighted by molar-refractivity contribution is 9.10. The summed E-state index contributed by atoms with van der Waals surface area (Å²) in [6, 6.07) is 11.5. The van der Waals surface area contributed by atoms with Crippen LogP contribution in [0.4, 0.5) is 5.69 Å². The van der Waals surface area contributed by atoms with Crippen molar-refractivity contribution in [3.8, 4) is 11.8 Å². The summed E-state index contributed by atoms with van der Waals surface area (Å²) in [5, 5.41) is 12.3. The molecule has 0 atom stereocenters. The Hall–Kier alpha value is -2.06. The number of rotatable bonds is 4. The number of hydrogen-bond donors (Lipinski definition) is 1. The van der Waals surface area contributed by atoms with E-state index in [0.717, 1.165) is 15.9 Å². The second-order valence-corrected chi connectivity index (χ2v) is 4.59. The van der Waals surface area contributed by atoms with Gasteiger partial charge in [-0.25, -0.2) is 4.98 Å². The molecular formula is C14H12BrN3O. The van der Waals surface area contributed by atoms with E-state index >= 15 is 0 Å². The molecule has 1 aromatic heterocycles. The van der Waals surface area contributed by atoms with Crippen molar-refractivity contribution in [2.45, 2.75) is 6.54 Å². The lowest BCUT2D eigenvalue weighted by molar-refractivity contribution is 0.413. The van der Waals surface area contributed by atoms with Crippen molar-refractivity contribution in [3.05, 3.63) is 52.3 Å². The molecule has 1 aromatic carbocycles. The van der Waals surface area contributed by atoms with Gasteiger partial charge in [-0.2, -0.15) is 5.26 Å². The van der Waals surface area contributed by atoms with Gasteiger partial charge in [0.1, 0.15) is 16.4 Å². The SMILES string of the molecule is COc1ccc(CNc2cccnc2Br)cc1C#N. The molecule has 5 heteroatoms. The summed E-state index contributed by atoms with van der Waals surface area (Å²) in [6.07, 6.45) is 1.72. The third-order valence-electron chi connectivity index (χ3n) is 2.63. The van der Waals surface area contributed by atoms with Crippen molar-refractivity contribution in [2.24, 2.45) is 0 Å². The molecule has 2 aromatic rings. The Kier molecular flexibility index (Phi) is 4.37. The molecule has 0 aliphatic carbocycles. The van der Waals surface area contributed by atoms with Crippen molar-refractivity contribution in [1.29, 1.82) is 5.26 Å². The maximum atomic E-state index is 9.04. The number of pyridine rings is 1. The van der Waals surface area contributed by atoms with Gasteiger partial charge in [0, 0.05) is 12.7 Å². The highest BCUT2D eigenvalue weighted by Crippen LogP contribution is 2.21. The van der Waals surface area contributed by atoms with E-state index in [9.17, 15) is 0 Å². The number of aromatic nitrogens is 1. The lowest BCUT2D eigenvalue weighted by atomic mass is 10.1. The molecule has 1 heterocycles. The quantitative estimate of drug-likeness (QED) is 0.879. The Morgan fingerprint density at radius 1 is 1.42 bits per heavy atom. The minimum Gasteiger partial charge on any atom is -0.495 e. The van der Waals surface area contributed by atoms with Gasteiger partial charge in [0.2, 0.25) is 0 Å². The molecule has 0 bridgehead atoms. The minimum absolute atomic E-state index is 0.534. The first-order valence-corrected chi connectivity index (χ1v) is 6.45. The first-order chi connectivity index (χ1) is 9.24. The highest BCUT2D eigenvalue weighted by atomic mass is 79.9. The van der Waals surface area contributed by atoms with Gasteiger partial charge in [0.25, 0.3) is 0 Å². The average Bonchev–Trinajstić information content (AvgIpc) is 2.46. The van der Waals surface area contributed by atoms with Crippen LogP contribution in [0.25, 0.3) is 0 Å². The topological polar surface area (TPSA) is 57.9 Å². The summed E-state index contributed by atoms with van der Waals surface area (Å²) in [4.78, 5) is 4.13. The van der Waals surface area contributed by atoms with E-state index in [1.165, 1.54) is 0 Å². The third-order valence-corrected chi connectivity index (χ3v) is 3.26. The molecule has 19 heavy (non-hydrogen) atoms. The average molecular weight is 318 g/mol. The van der Waals surface area contributed by atoms with Gasteiger partial charge in [-0.1, -0.05) is 6.07 Å². The Balaban J connectivity index is 2.13. The Bertz CT molecular complexity index is 622. The smallest absolute Gasteiger partial charge is 0.136 e. The van der Waals surface area contributed by atoms with Gasteiger partial charge >= 0.3 is 0 Å². The molecule has 4 nitrogen and oxygen atoms in total. The zero-order chi connectivity index (χ0) is 13.7.